The predicted octanol–water partition coefficient (Wildman–Crippen LogP) is 2.32. The first-order chi connectivity index (χ1) is 12.3. The Bertz CT molecular complexity index is 809. The molecule has 8 nitrogen and oxygen atoms in total. The van der Waals surface area contributed by atoms with Gasteiger partial charge >= 0.3 is 0 Å². The van der Waals surface area contributed by atoms with Gasteiger partial charge in [-0.05, 0) is 25.0 Å². The molecule has 3 aromatic rings. The van der Waals surface area contributed by atoms with Crippen molar-refractivity contribution in [1.82, 2.24) is 24.6 Å². The van der Waals surface area contributed by atoms with Gasteiger partial charge in [-0.25, -0.2) is 4.98 Å². The molecule has 4 heterocycles. The summed E-state index contributed by atoms with van der Waals surface area (Å²) in [5.41, 5.74) is 0. The fourth-order valence-corrected chi connectivity index (χ4v) is 3.14. The number of carbonyl (C=O) groups is 1. The molecule has 3 aromatic heterocycles. The van der Waals surface area contributed by atoms with E-state index >= 15 is 0 Å². The highest BCUT2D eigenvalue weighted by Crippen LogP contribution is 2.22. The number of imidazole rings is 1. The number of furan rings is 1. The van der Waals surface area contributed by atoms with Crippen molar-refractivity contribution in [1.29, 1.82) is 0 Å². The lowest BCUT2D eigenvalue weighted by Crippen LogP contribution is -2.40. The highest BCUT2D eigenvalue weighted by molar-refractivity contribution is 5.76. The van der Waals surface area contributed by atoms with Crippen molar-refractivity contribution in [2.45, 2.75) is 31.7 Å². The average molecular weight is 341 g/mol. The lowest BCUT2D eigenvalue weighted by atomic mass is 10.0. The molecule has 0 N–H and O–H groups in total. The van der Waals surface area contributed by atoms with E-state index in [1.54, 1.807) is 24.6 Å². The number of likely N-dealkylation sites (tertiary alicyclic amines) is 1. The number of rotatable bonds is 5. The Kier molecular flexibility index (Phi) is 4.32. The van der Waals surface area contributed by atoms with Crippen molar-refractivity contribution >= 4 is 5.91 Å². The van der Waals surface area contributed by atoms with Crippen molar-refractivity contribution in [2.75, 3.05) is 13.1 Å². The monoisotopic (exact) mass is 341 g/mol. The van der Waals surface area contributed by atoms with Crippen LogP contribution in [0.15, 0.2) is 46.1 Å². The third kappa shape index (κ3) is 3.47. The number of hydrogen-bond donors (Lipinski definition) is 0. The molecule has 8 heteroatoms. The highest BCUT2D eigenvalue weighted by Gasteiger charge is 2.24. The molecule has 0 saturated carbocycles. The van der Waals surface area contributed by atoms with Crippen LogP contribution >= 0.6 is 0 Å². The van der Waals surface area contributed by atoms with E-state index in [-0.39, 0.29) is 5.91 Å². The summed E-state index contributed by atoms with van der Waals surface area (Å²) in [5.74, 6) is 1.52. The van der Waals surface area contributed by atoms with E-state index in [0.29, 0.717) is 36.4 Å². The Morgan fingerprint density at radius 1 is 1.40 bits per heavy atom. The van der Waals surface area contributed by atoms with Gasteiger partial charge in [0.1, 0.15) is 0 Å². The molecule has 1 saturated heterocycles. The molecule has 1 fully saturated rings. The van der Waals surface area contributed by atoms with Gasteiger partial charge in [-0.3, -0.25) is 4.79 Å². The summed E-state index contributed by atoms with van der Waals surface area (Å²) in [4.78, 5) is 22.8. The summed E-state index contributed by atoms with van der Waals surface area (Å²) in [6, 6.07) is 3.83. The molecule has 0 aromatic carbocycles. The van der Waals surface area contributed by atoms with Crippen LogP contribution in [0.5, 0.6) is 0 Å². The van der Waals surface area contributed by atoms with Gasteiger partial charge in [0.2, 0.25) is 17.6 Å². The molecular weight excluding hydrogens is 322 g/mol. The van der Waals surface area contributed by atoms with E-state index in [1.807, 2.05) is 17.4 Å². The van der Waals surface area contributed by atoms with Gasteiger partial charge in [-0.1, -0.05) is 5.16 Å². The summed E-state index contributed by atoms with van der Waals surface area (Å²) in [5, 5.41) is 3.88. The zero-order valence-corrected chi connectivity index (χ0v) is 13.7. The van der Waals surface area contributed by atoms with E-state index < -0.39 is 0 Å². The molecule has 1 amide bonds. The van der Waals surface area contributed by atoms with E-state index in [0.717, 1.165) is 25.9 Å². The topological polar surface area (TPSA) is 90.2 Å². The summed E-state index contributed by atoms with van der Waals surface area (Å²) in [6.45, 7) is 1.52. The van der Waals surface area contributed by atoms with E-state index in [2.05, 4.69) is 19.7 Å². The van der Waals surface area contributed by atoms with E-state index in [4.69, 9.17) is 8.94 Å². The third-order valence-corrected chi connectivity index (χ3v) is 4.46. The van der Waals surface area contributed by atoms with Crippen molar-refractivity contribution in [3.05, 3.63) is 43.0 Å². The summed E-state index contributed by atoms with van der Waals surface area (Å²) >= 11 is 0. The summed E-state index contributed by atoms with van der Waals surface area (Å²) in [7, 11) is 0. The molecule has 0 unspecified atom stereocenters. The predicted molar refractivity (Wildman–Crippen MR) is 87.4 cm³/mol. The first kappa shape index (κ1) is 15.6. The zero-order valence-electron chi connectivity index (χ0n) is 13.7. The molecule has 0 bridgehead atoms. The fourth-order valence-electron chi connectivity index (χ4n) is 3.14. The normalized spacial score (nSPS) is 17.8. The van der Waals surface area contributed by atoms with Gasteiger partial charge in [-0.2, -0.15) is 4.98 Å². The summed E-state index contributed by atoms with van der Waals surface area (Å²) < 4.78 is 12.5. The largest absolute Gasteiger partial charge is 0.461 e. The Hall–Kier alpha value is -2.90. The Balaban J connectivity index is 1.33. The van der Waals surface area contributed by atoms with Gasteiger partial charge in [0.15, 0.2) is 5.76 Å². The highest BCUT2D eigenvalue weighted by atomic mass is 16.5. The average Bonchev–Trinajstić information content (AvgIpc) is 3.42. The smallest absolute Gasteiger partial charge is 0.238 e. The lowest BCUT2D eigenvalue weighted by molar-refractivity contribution is -0.132. The van der Waals surface area contributed by atoms with Crippen molar-refractivity contribution in [3.63, 3.8) is 0 Å². The van der Waals surface area contributed by atoms with Crippen LogP contribution in [0, 0.1) is 0 Å². The van der Waals surface area contributed by atoms with Crippen LogP contribution < -0.4 is 0 Å². The van der Waals surface area contributed by atoms with Gasteiger partial charge < -0.3 is 18.4 Å². The van der Waals surface area contributed by atoms with E-state index in [9.17, 15) is 4.79 Å². The molecule has 1 aliphatic rings. The van der Waals surface area contributed by atoms with Crippen LogP contribution in [0.25, 0.3) is 11.6 Å². The minimum absolute atomic E-state index is 0.113. The molecule has 0 radical (unpaired) electrons. The minimum atomic E-state index is 0.113. The van der Waals surface area contributed by atoms with Gasteiger partial charge in [0, 0.05) is 38.3 Å². The number of aryl methyl sites for hydroxylation is 1. The van der Waals surface area contributed by atoms with Crippen LogP contribution in [0.2, 0.25) is 0 Å². The first-order valence-electron chi connectivity index (χ1n) is 8.41. The van der Waals surface area contributed by atoms with Crippen molar-refractivity contribution < 1.29 is 13.7 Å². The number of nitrogens with zero attached hydrogens (tertiary/aromatic N) is 5. The van der Waals surface area contributed by atoms with Crippen LogP contribution in [-0.4, -0.2) is 43.6 Å². The van der Waals surface area contributed by atoms with Crippen LogP contribution in [-0.2, 0) is 11.2 Å². The number of aromatic nitrogens is 4. The Labute approximate surface area is 144 Å². The quantitative estimate of drug-likeness (QED) is 0.707. The van der Waals surface area contributed by atoms with Crippen molar-refractivity contribution in [2.24, 2.45) is 0 Å². The van der Waals surface area contributed by atoms with Crippen LogP contribution in [0.4, 0.5) is 0 Å². The standard InChI is InChI=1S/C17H19N5O3/c23-16(21-8-1-3-13(11-21)22-9-7-18-12-22)6-5-15-19-17(20-25-15)14-4-2-10-24-14/h2,4,7,9-10,12-13H,1,3,5-6,8,11H2/t13-/m1/s1. The van der Waals surface area contributed by atoms with Crippen molar-refractivity contribution in [3.8, 4) is 11.6 Å². The maximum absolute atomic E-state index is 12.5. The SMILES string of the molecule is O=C(CCc1nc(-c2ccco2)no1)N1CCC[C@@H](n2ccnc2)C1. The molecule has 0 aliphatic carbocycles. The second kappa shape index (κ2) is 6.92. The van der Waals surface area contributed by atoms with Crippen LogP contribution in [0.1, 0.15) is 31.2 Å². The molecule has 0 spiro atoms. The second-order valence-corrected chi connectivity index (χ2v) is 6.13. The Morgan fingerprint density at radius 3 is 3.16 bits per heavy atom. The fraction of sp³-hybridized carbons (Fsp3) is 0.412. The zero-order chi connectivity index (χ0) is 17.1. The molecular formula is C17H19N5O3. The minimum Gasteiger partial charge on any atom is -0.461 e. The molecule has 1 aliphatic heterocycles. The first-order valence-corrected chi connectivity index (χ1v) is 8.41. The Morgan fingerprint density at radius 2 is 2.36 bits per heavy atom. The summed E-state index contributed by atoms with van der Waals surface area (Å²) in [6.07, 6.45) is 9.94. The number of amides is 1. The van der Waals surface area contributed by atoms with E-state index in [1.165, 1.54) is 0 Å². The third-order valence-electron chi connectivity index (χ3n) is 4.46. The molecule has 25 heavy (non-hydrogen) atoms. The lowest BCUT2D eigenvalue weighted by Gasteiger charge is -2.33. The van der Waals surface area contributed by atoms with Gasteiger partial charge in [0.25, 0.3) is 0 Å². The molecule has 130 valence electrons. The molecule has 4 rings (SSSR count). The van der Waals surface area contributed by atoms with Crippen LogP contribution in [0.3, 0.4) is 0 Å². The van der Waals surface area contributed by atoms with Gasteiger partial charge in [-0.15, -0.1) is 0 Å². The maximum Gasteiger partial charge on any atom is 0.238 e. The second-order valence-electron chi connectivity index (χ2n) is 6.13. The number of piperidine rings is 1. The maximum atomic E-state index is 12.5. The molecule has 1 atom stereocenters. The van der Waals surface area contributed by atoms with Gasteiger partial charge in [0.05, 0.1) is 18.6 Å². The number of hydrogen-bond acceptors (Lipinski definition) is 6. The number of carbonyl (C=O) groups excluding carboxylic acids is 1.